The van der Waals surface area contributed by atoms with E-state index >= 15 is 0 Å². The summed E-state index contributed by atoms with van der Waals surface area (Å²) in [6.07, 6.45) is 0. The Morgan fingerprint density at radius 1 is 0.382 bits per heavy atom. The molecule has 2 aliphatic heterocycles. The number of anilines is 9. The zero-order chi connectivity index (χ0) is 61.8. The molecule has 0 atom stereocenters. The van der Waals surface area contributed by atoms with Crippen molar-refractivity contribution in [1.82, 2.24) is 4.57 Å². The second-order valence-corrected chi connectivity index (χ2v) is 29.3. The Bertz CT molecular complexity index is 4820. The highest BCUT2D eigenvalue weighted by atomic mass is 15.2. The Kier molecular flexibility index (Phi) is 12.7. The van der Waals surface area contributed by atoms with Crippen molar-refractivity contribution in [1.29, 1.82) is 0 Å². The first-order chi connectivity index (χ1) is 42.5. The molecule has 0 saturated heterocycles. The molecule has 0 unspecified atom stereocenters. The fourth-order valence-electron chi connectivity index (χ4n) is 15.2. The molecule has 15 rings (SSSR count). The van der Waals surface area contributed by atoms with Gasteiger partial charge in [-0.15, -0.1) is 0 Å². The average molecular weight is 1160 g/mol. The van der Waals surface area contributed by atoms with Crippen molar-refractivity contribution in [3.8, 4) is 27.9 Å². The van der Waals surface area contributed by atoms with Crippen molar-refractivity contribution in [2.24, 2.45) is 0 Å². The molecule has 1 aromatic heterocycles. The monoisotopic (exact) mass is 1150 g/mol. The number of benzene rings is 11. The molecule has 89 heavy (non-hydrogen) atoms. The second kappa shape index (κ2) is 20.1. The lowest BCUT2D eigenvalue weighted by Crippen LogP contribution is -2.61. The minimum absolute atomic E-state index is 0.0146. The van der Waals surface area contributed by atoms with Gasteiger partial charge in [0, 0.05) is 67.4 Å². The molecule has 0 amide bonds. The van der Waals surface area contributed by atoms with Gasteiger partial charge >= 0.3 is 0 Å². The van der Waals surface area contributed by atoms with Crippen molar-refractivity contribution < 1.29 is 0 Å². The third-order valence-corrected chi connectivity index (χ3v) is 19.9. The van der Waals surface area contributed by atoms with Crippen LogP contribution in [-0.4, -0.2) is 11.3 Å². The minimum atomic E-state index is -0.105. The first-order valence-electron chi connectivity index (χ1n) is 32.0. The lowest BCUT2D eigenvalue weighted by atomic mass is 9.33. The molecule has 0 radical (unpaired) electrons. The molecule has 12 aromatic rings. The lowest BCUT2D eigenvalue weighted by Gasteiger charge is -2.45. The van der Waals surface area contributed by atoms with Gasteiger partial charge in [-0.1, -0.05) is 197 Å². The molecule has 11 aromatic carbocycles. The van der Waals surface area contributed by atoms with Gasteiger partial charge in [0.15, 0.2) is 0 Å². The maximum atomic E-state index is 2.66. The van der Waals surface area contributed by atoms with Gasteiger partial charge in [0.1, 0.15) is 0 Å². The quantitative estimate of drug-likeness (QED) is 0.148. The summed E-state index contributed by atoms with van der Waals surface area (Å²) in [5.74, 6) is 0. The summed E-state index contributed by atoms with van der Waals surface area (Å²) in [6.45, 7) is 32.5. The third-order valence-electron chi connectivity index (χ3n) is 19.9. The van der Waals surface area contributed by atoms with Crippen LogP contribution in [0.5, 0.6) is 0 Å². The largest absolute Gasteiger partial charge is 0.311 e. The smallest absolute Gasteiger partial charge is 0.252 e. The van der Waals surface area contributed by atoms with Crippen LogP contribution in [0.15, 0.2) is 224 Å². The maximum Gasteiger partial charge on any atom is 0.252 e. The molecule has 0 N–H and O–H groups in total. The van der Waals surface area contributed by atoms with Gasteiger partial charge in [0.2, 0.25) is 0 Å². The van der Waals surface area contributed by atoms with Crippen LogP contribution in [0.1, 0.15) is 121 Å². The first-order valence-corrected chi connectivity index (χ1v) is 32.0. The second-order valence-electron chi connectivity index (χ2n) is 29.3. The van der Waals surface area contributed by atoms with E-state index in [0.29, 0.717) is 0 Å². The third kappa shape index (κ3) is 9.00. The highest BCUT2D eigenvalue weighted by molar-refractivity contribution is 7.00. The van der Waals surface area contributed by atoms with E-state index in [0.717, 1.165) is 34.0 Å². The summed E-state index contributed by atoms with van der Waals surface area (Å²) < 4.78 is 2.44. The predicted octanol–water partition coefficient (Wildman–Crippen LogP) is 21.1. The van der Waals surface area contributed by atoms with Gasteiger partial charge < -0.3 is 19.3 Å². The van der Waals surface area contributed by atoms with Crippen LogP contribution in [0.2, 0.25) is 0 Å². The van der Waals surface area contributed by atoms with Crippen LogP contribution in [0.3, 0.4) is 0 Å². The Hall–Kier alpha value is -9.32. The number of rotatable bonds is 7. The fraction of sp³-hybridized carbons (Fsp3) is 0.214. The minimum Gasteiger partial charge on any atom is -0.311 e. The van der Waals surface area contributed by atoms with Gasteiger partial charge in [-0.3, -0.25) is 0 Å². The Morgan fingerprint density at radius 3 is 1.61 bits per heavy atom. The van der Waals surface area contributed by atoms with Crippen molar-refractivity contribution in [3.63, 3.8) is 0 Å². The molecular formula is C84H79BN4. The first kappa shape index (κ1) is 56.2. The summed E-state index contributed by atoms with van der Waals surface area (Å²) in [6, 6.07) is 86.2. The number of aromatic nitrogens is 1. The number of para-hydroxylation sites is 2. The van der Waals surface area contributed by atoms with E-state index in [4.69, 9.17) is 0 Å². The van der Waals surface area contributed by atoms with Crippen LogP contribution < -0.4 is 31.1 Å². The summed E-state index contributed by atoms with van der Waals surface area (Å²) in [5.41, 5.74) is 33.3. The van der Waals surface area contributed by atoms with Gasteiger partial charge in [-0.25, -0.2) is 0 Å². The highest BCUT2D eigenvalue weighted by Crippen LogP contribution is 2.52. The Labute approximate surface area is 527 Å². The number of fused-ring (bicyclic) bond motifs is 10. The van der Waals surface area contributed by atoms with Crippen LogP contribution in [0, 0.1) is 20.8 Å². The summed E-state index contributed by atoms with van der Waals surface area (Å²) >= 11 is 0. The standard InChI is InChI=1S/C84H79BN4/c1-52-44-77-79-78(45-52)89(80-53(2)46-56(47-54(80)3)55-28-40-66-65-24-18-20-26-69(65)84(13,14)70(66)48-55)76-51-64(39-43-72(76)85(79)71-42-33-59(83(10,11)12)49-75(71)88(77)62-36-31-58(32-37-62)82(7,8)9)86(61-34-29-57(30-35-61)81(4,5)6)63-38-41-68-67-25-19-21-27-73(67)87(74(68)50-63)60-22-16-15-17-23-60/h15-51H,1-14H3. The predicted molar refractivity (Wildman–Crippen MR) is 383 cm³/mol. The molecule has 0 spiro atoms. The highest BCUT2D eigenvalue weighted by Gasteiger charge is 2.45. The molecule has 1 aliphatic carbocycles. The van der Waals surface area contributed by atoms with Crippen molar-refractivity contribution in [2.45, 2.75) is 119 Å². The van der Waals surface area contributed by atoms with Crippen molar-refractivity contribution in [3.05, 3.63) is 269 Å². The summed E-state index contributed by atoms with van der Waals surface area (Å²) in [4.78, 5) is 7.74. The zero-order valence-corrected chi connectivity index (χ0v) is 54.2. The van der Waals surface area contributed by atoms with Crippen LogP contribution in [-0.2, 0) is 21.7 Å². The van der Waals surface area contributed by atoms with Gasteiger partial charge in [-0.2, -0.15) is 0 Å². The fourth-order valence-corrected chi connectivity index (χ4v) is 15.2. The molecule has 0 fully saturated rings. The lowest BCUT2D eigenvalue weighted by molar-refractivity contribution is 0.590. The number of hydrogen-bond donors (Lipinski definition) is 0. The van der Waals surface area contributed by atoms with Gasteiger partial charge in [0.05, 0.1) is 16.7 Å². The molecule has 0 saturated carbocycles. The van der Waals surface area contributed by atoms with Crippen LogP contribution in [0.4, 0.5) is 51.2 Å². The topological polar surface area (TPSA) is 14.7 Å². The molecule has 5 heteroatoms. The number of hydrogen-bond acceptors (Lipinski definition) is 3. The molecule has 0 bridgehead atoms. The van der Waals surface area contributed by atoms with E-state index in [-0.39, 0.29) is 28.4 Å². The Balaban J connectivity index is 0.984. The number of aryl methyl sites for hydroxylation is 3. The van der Waals surface area contributed by atoms with Crippen LogP contribution in [0.25, 0.3) is 49.7 Å². The zero-order valence-electron chi connectivity index (χ0n) is 54.2. The average Bonchev–Trinajstić information content (AvgIpc) is 1.47. The van der Waals surface area contributed by atoms with E-state index in [1.807, 2.05) is 0 Å². The van der Waals surface area contributed by atoms with E-state index in [1.165, 1.54) is 128 Å². The van der Waals surface area contributed by atoms with E-state index in [2.05, 4.69) is 341 Å². The normalized spacial score (nSPS) is 14.0. The van der Waals surface area contributed by atoms with Crippen molar-refractivity contribution in [2.75, 3.05) is 14.7 Å². The maximum absolute atomic E-state index is 2.66. The molecule has 4 nitrogen and oxygen atoms in total. The Morgan fingerprint density at radius 2 is 0.921 bits per heavy atom. The molecular weight excluding hydrogens is 1080 g/mol. The van der Waals surface area contributed by atoms with E-state index in [1.54, 1.807) is 0 Å². The molecule has 438 valence electrons. The number of nitrogens with zero attached hydrogens (tertiary/aromatic N) is 4. The van der Waals surface area contributed by atoms with Gasteiger partial charge in [-0.05, 0) is 223 Å². The SMILES string of the molecule is Cc1cc2c3c(c1)N(c1c(C)cc(-c4ccc5c(c4)C(C)(C)c4ccccc4-5)cc1C)c1cc(N(c4ccc(C(C)(C)C)cc4)c4ccc5c6ccccc6n(-c6ccccc6)c5c4)ccc1B3c1ccc(C(C)(C)C)cc1N2c1ccc(C(C)(C)C)cc1. The van der Waals surface area contributed by atoms with Crippen LogP contribution >= 0.6 is 0 Å². The summed E-state index contributed by atoms with van der Waals surface area (Å²) in [7, 11) is 0. The molecule has 3 heterocycles. The van der Waals surface area contributed by atoms with Gasteiger partial charge in [0.25, 0.3) is 6.71 Å². The van der Waals surface area contributed by atoms with Crippen molar-refractivity contribution >= 4 is 96.1 Å². The van der Waals surface area contributed by atoms with E-state index in [9.17, 15) is 0 Å². The summed E-state index contributed by atoms with van der Waals surface area (Å²) in [5, 5.41) is 2.46. The molecule has 3 aliphatic rings. The van der Waals surface area contributed by atoms with E-state index < -0.39 is 0 Å².